The Kier molecular flexibility index (Phi) is 5.76. The van der Waals surface area contributed by atoms with Gasteiger partial charge in [-0.2, -0.15) is 0 Å². The van der Waals surface area contributed by atoms with Gasteiger partial charge < -0.3 is 15.1 Å². The van der Waals surface area contributed by atoms with Crippen molar-refractivity contribution in [2.45, 2.75) is 38.1 Å². The third kappa shape index (κ3) is 4.62. The van der Waals surface area contributed by atoms with Crippen LogP contribution in [0.4, 0.5) is 5.69 Å². The van der Waals surface area contributed by atoms with Gasteiger partial charge in [0.2, 0.25) is 5.91 Å². The molecule has 1 atom stereocenters. The number of carbonyl (C=O) groups is 2. The van der Waals surface area contributed by atoms with E-state index in [4.69, 9.17) is 4.42 Å². The minimum absolute atomic E-state index is 0.0389. The number of rotatable bonds is 7. The van der Waals surface area contributed by atoms with Gasteiger partial charge in [0, 0.05) is 23.7 Å². The molecule has 1 aliphatic carbocycles. The lowest BCUT2D eigenvalue weighted by Gasteiger charge is -2.33. The van der Waals surface area contributed by atoms with Crippen molar-refractivity contribution in [2.75, 3.05) is 25.0 Å². The Morgan fingerprint density at radius 1 is 1.11 bits per heavy atom. The molecule has 1 aliphatic heterocycles. The number of nitrogens with one attached hydrogen (secondary N) is 2. The molecule has 1 saturated carbocycles. The van der Waals surface area contributed by atoms with Crippen LogP contribution in [0.2, 0.25) is 0 Å². The molecule has 0 spiro atoms. The van der Waals surface area contributed by atoms with Gasteiger partial charge in [-0.15, -0.1) is 0 Å². The van der Waals surface area contributed by atoms with Crippen LogP contribution in [0.25, 0.3) is 0 Å². The number of hydrogen-bond acceptors (Lipinski definition) is 4. The van der Waals surface area contributed by atoms with Crippen LogP contribution in [0.3, 0.4) is 0 Å². The van der Waals surface area contributed by atoms with Crippen LogP contribution < -0.4 is 10.6 Å². The first-order chi connectivity index (χ1) is 13.7. The largest absolute Gasteiger partial charge is 0.468 e. The molecule has 28 heavy (non-hydrogen) atoms. The Morgan fingerprint density at radius 2 is 1.93 bits per heavy atom. The van der Waals surface area contributed by atoms with Crippen LogP contribution in [0, 0.1) is 5.92 Å². The third-order valence-corrected chi connectivity index (χ3v) is 5.50. The molecule has 148 valence electrons. The fourth-order valence-corrected chi connectivity index (χ4v) is 3.74. The summed E-state index contributed by atoms with van der Waals surface area (Å²) in [5, 5.41) is 5.94. The normalized spacial score (nSPS) is 18.4. The summed E-state index contributed by atoms with van der Waals surface area (Å²) < 4.78 is 5.64. The number of likely N-dealkylation sites (tertiary alicyclic amines) is 1. The highest BCUT2D eigenvalue weighted by Crippen LogP contribution is 2.30. The second-order valence-corrected chi connectivity index (χ2v) is 7.68. The maximum atomic E-state index is 12.7. The van der Waals surface area contributed by atoms with Crippen LogP contribution in [-0.2, 0) is 4.79 Å². The molecule has 0 bridgehead atoms. The molecule has 2 fully saturated rings. The molecule has 2 heterocycles. The van der Waals surface area contributed by atoms with E-state index in [0.717, 1.165) is 31.7 Å². The number of nitrogens with zero attached hydrogens (tertiary/aromatic N) is 1. The van der Waals surface area contributed by atoms with Gasteiger partial charge in [0.1, 0.15) is 5.76 Å². The summed E-state index contributed by atoms with van der Waals surface area (Å²) in [5.41, 5.74) is 1.22. The number of piperidine rings is 1. The predicted octanol–water partition coefficient (Wildman–Crippen LogP) is 3.59. The van der Waals surface area contributed by atoms with Crippen LogP contribution in [0.5, 0.6) is 0 Å². The van der Waals surface area contributed by atoms with Crippen molar-refractivity contribution in [3.63, 3.8) is 0 Å². The van der Waals surface area contributed by atoms with Gasteiger partial charge >= 0.3 is 0 Å². The lowest BCUT2D eigenvalue weighted by molar-refractivity contribution is -0.117. The van der Waals surface area contributed by atoms with E-state index >= 15 is 0 Å². The fraction of sp³-hybridized carbons (Fsp3) is 0.455. The summed E-state index contributed by atoms with van der Waals surface area (Å²) >= 11 is 0. The monoisotopic (exact) mass is 381 g/mol. The highest BCUT2D eigenvalue weighted by Gasteiger charge is 2.29. The van der Waals surface area contributed by atoms with Crippen LogP contribution in [0.15, 0.2) is 47.1 Å². The Hall–Kier alpha value is -2.60. The number of hydrogen-bond donors (Lipinski definition) is 2. The van der Waals surface area contributed by atoms with Gasteiger partial charge in [-0.05, 0) is 69.1 Å². The molecule has 1 unspecified atom stereocenters. The van der Waals surface area contributed by atoms with Crippen molar-refractivity contribution < 1.29 is 14.0 Å². The second kappa shape index (κ2) is 8.61. The number of amides is 2. The second-order valence-electron chi connectivity index (χ2n) is 7.68. The van der Waals surface area contributed by atoms with Crippen molar-refractivity contribution in [1.29, 1.82) is 0 Å². The van der Waals surface area contributed by atoms with Crippen molar-refractivity contribution in [3.8, 4) is 0 Å². The standard InChI is InChI=1S/C22H27N3O3/c26-21(17-6-4-7-18(14-17)24-22(27)16-9-10-16)23-15-19(20-8-5-13-28-20)25-11-2-1-3-12-25/h4-8,13-14,16,19H,1-3,9-12,15H2,(H,23,26)(H,24,27). The number of furan rings is 1. The van der Waals surface area contributed by atoms with Crippen molar-refractivity contribution >= 4 is 17.5 Å². The first-order valence-electron chi connectivity index (χ1n) is 10.2. The zero-order valence-corrected chi connectivity index (χ0v) is 16.0. The Bertz CT molecular complexity index is 808. The third-order valence-electron chi connectivity index (χ3n) is 5.50. The Labute approximate surface area is 165 Å². The zero-order valence-electron chi connectivity index (χ0n) is 16.0. The highest BCUT2D eigenvalue weighted by molar-refractivity contribution is 5.98. The molecule has 1 aromatic carbocycles. The van der Waals surface area contributed by atoms with Crippen LogP contribution in [0.1, 0.15) is 54.3 Å². The molecule has 2 aromatic rings. The van der Waals surface area contributed by atoms with E-state index in [1.54, 1.807) is 24.5 Å². The fourth-order valence-electron chi connectivity index (χ4n) is 3.74. The Balaban J connectivity index is 1.39. The van der Waals surface area contributed by atoms with Crippen molar-refractivity contribution in [3.05, 3.63) is 54.0 Å². The summed E-state index contributed by atoms with van der Waals surface area (Å²) in [5.74, 6) is 0.917. The van der Waals surface area contributed by atoms with Gasteiger partial charge in [-0.25, -0.2) is 0 Å². The van der Waals surface area contributed by atoms with E-state index in [2.05, 4.69) is 15.5 Å². The smallest absolute Gasteiger partial charge is 0.251 e. The molecule has 2 aliphatic rings. The molecule has 4 rings (SSSR count). The first kappa shape index (κ1) is 18.7. The quantitative estimate of drug-likeness (QED) is 0.769. The predicted molar refractivity (Wildman–Crippen MR) is 107 cm³/mol. The number of carbonyl (C=O) groups excluding carboxylic acids is 2. The maximum absolute atomic E-state index is 12.7. The SMILES string of the molecule is O=C(NCC(c1ccco1)N1CCCCC1)c1cccc(NC(=O)C2CC2)c1. The average Bonchev–Trinajstić information content (AvgIpc) is 3.45. The molecule has 1 aromatic heterocycles. The van der Waals surface area contributed by atoms with Crippen LogP contribution >= 0.6 is 0 Å². The van der Waals surface area contributed by atoms with Crippen molar-refractivity contribution in [2.24, 2.45) is 5.92 Å². The lowest BCUT2D eigenvalue weighted by atomic mass is 10.1. The molecule has 2 amide bonds. The molecular formula is C22H27N3O3. The minimum atomic E-state index is -0.143. The van der Waals surface area contributed by atoms with Gasteiger partial charge in [0.15, 0.2) is 0 Å². The maximum Gasteiger partial charge on any atom is 0.251 e. The molecular weight excluding hydrogens is 354 g/mol. The molecule has 6 nitrogen and oxygen atoms in total. The topological polar surface area (TPSA) is 74.6 Å². The van der Waals surface area contributed by atoms with Crippen LogP contribution in [-0.4, -0.2) is 36.3 Å². The van der Waals surface area contributed by atoms with Crippen molar-refractivity contribution in [1.82, 2.24) is 10.2 Å². The summed E-state index contributed by atoms with van der Waals surface area (Å²) in [7, 11) is 0. The number of anilines is 1. The van der Waals surface area contributed by atoms with Gasteiger partial charge in [0.05, 0.1) is 12.3 Å². The van der Waals surface area contributed by atoms with E-state index in [9.17, 15) is 9.59 Å². The van der Waals surface area contributed by atoms with E-state index in [1.807, 2.05) is 18.2 Å². The summed E-state index contributed by atoms with van der Waals surface area (Å²) in [4.78, 5) is 27.0. The van der Waals surface area contributed by atoms with E-state index in [-0.39, 0.29) is 23.8 Å². The number of benzene rings is 1. The zero-order chi connectivity index (χ0) is 19.3. The van der Waals surface area contributed by atoms with E-state index < -0.39 is 0 Å². The van der Waals surface area contributed by atoms with E-state index in [1.165, 1.54) is 19.3 Å². The first-order valence-corrected chi connectivity index (χ1v) is 10.2. The van der Waals surface area contributed by atoms with E-state index in [0.29, 0.717) is 17.8 Å². The summed E-state index contributed by atoms with van der Waals surface area (Å²) in [6.45, 7) is 2.53. The minimum Gasteiger partial charge on any atom is -0.468 e. The lowest BCUT2D eigenvalue weighted by Crippen LogP contribution is -2.40. The van der Waals surface area contributed by atoms with Gasteiger partial charge in [-0.3, -0.25) is 14.5 Å². The van der Waals surface area contributed by atoms with Gasteiger partial charge in [-0.1, -0.05) is 12.5 Å². The van der Waals surface area contributed by atoms with Gasteiger partial charge in [0.25, 0.3) is 5.91 Å². The molecule has 1 saturated heterocycles. The summed E-state index contributed by atoms with van der Waals surface area (Å²) in [6, 6.07) is 11.0. The Morgan fingerprint density at radius 3 is 2.64 bits per heavy atom. The molecule has 2 N–H and O–H groups in total. The average molecular weight is 381 g/mol. The molecule has 6 heteroatoms. The summed E-state index contributed by atoms with van der Waals surface area (Å²) in [6.07, 6.45) is 7.20. The molecule has 0 radical (unpaired) electrons. The highest BCUT2D eigenvalue weighted by atomic mass is 16.3.